The first-order valence-corrected chi connectivity index (χ1v) is 7.10. The number of carboxylic acid groups (broad SMARTS) is 1. The van der Waals surface area contributed by atoms with Crippen molar-refractivity contribution in [2.45, 2.75) is 38.9 Å². The number of rotatable bonds is 6. The number of halogens is 3. The number of carboxylic acids is 1. The minimum absolute atomic E-state index is 0.0558. The maximum atomic E-state index is 12.5. The average molecular weight is 361 g/mol. The number of carbonyl (C=O) groups is 2. The van der Waals surface area contributed by atoms with Crippen LogP contribution in [-0.4, -0.2) is 53.0 Å². The Bertz CT molecular complexity index is 783. The van der Waals surface area contributed by atoms with Crippen molar-refractivity contribution < 1.29 is 27.9 Å². The van der Waals surface area contributed by atoms with Crippen molar-refractivity contribution in [1.29, 1.82) is 0 Å². The van der Waals surface area contributed by atoms with Gasteiger partial charge in [0.1, 0.15) is 11.9 Å². The van der Waals surface area contributed by atoms with Crippen molar-refractivity contribution in [3.63, 3.8) is 0 Å². The Labute approximate surface area is 138 Å². The Morgan fingerprint density at radius 2 is 2.04 bits per heavy atom. The quantitative estimate of drug-likeness (QED) is 0.688. The summed E-state index contributed by atoms with van der Waals surface area (Å²) in [4.78, 5) is 30.2. The van der Waals surface area contributed by atoms with E-state index in [2.05, 4.69) is 25.5 Å². The number of aromatic nitrogens is 6. The lowest BCUT2D eigenvalue weighted by Crippen LogP contribution is -2.41. The van der Waals surface area contributed by atoms with Gasteiger partial charge < -0.3 is 10.4 Å². The monoisotopic (exact) mass is 361 g/mol. The van der Waals surface area contributed by atoms with Crippen LogP contribution >= 0.6 is 0 Å². The molecular formula is C12H14F3N7O3. The maximum absolute atomic E-state index is 12.5. The van der Waals surface area contributed by atoms with E-state index in [0.29, 0.717) is 6.42 Å². The molecule has 1 unspecified atom stereocenters. The third-order valence-electron chi connectivity index (χ3n) is 3.08. The van der Waals surface area contributed by atoms with Gasteiger partial charge in [-0.25, -0.2) is 9.78 Å². The summed E-state index contributed by atoms with van der Waals surface area (Å²) < 4.78 is 38.5. The Kier molecular flexibility index (Phi) is 5.04. The van der Waals surface area contributed by atoms with Crippen LogP contribution in [0.3, 0.4) is 0 Å². The minimum atomic E-state index is -4.71. The predicted octanol–water partition coefficient (Wildman–Crippen LogP) is 0.696. The zero-order valence-corrected chi connectivity index (χ0v) is 13.1. The Balaban J connectivity index is 2.23. The van der Waals surface area contributed by atoms with Crippen LogP contribution in [0.15, 0.2) is 0 Å². The van der Waals surface area contributed by atoms with E-state index in [-0.39, 0.29) is 12.2 Å². The van der Waals surface area contributed by atoms with Crippen LogP contribution in [0.1, 0.15) is 42.0 Å². The van der Waals surface area contributed by atoms with Gasteiger partial charge in [-0.1, -0.05) is 13.3 Å². The van der Waals surface area contributed by atoms with Crippen molar-refractivity contribution in [2.24, 2.45) is 0 Å². The van der Waals surface area contributed by atoms with Crippen LogP contribution in [0, 0.1) is 6.92 Å². The number of nitrogens with zero attached hydrogens (tertiary/aromatic N) is 5. The molecule has 0 aliphatic carbocycles. The first-order valence-electron chi connectivity index (χ1n) is 7.10. The molecule has 0 fully saturated rings. The second-order valence-corrected chi connectivity index (χ2v) is 5.03. The van der Waals surface area contributed by atoms with E-state index in [1.165, 1.54) is 6.92 Å². The van der Waals surface area contributed by atoms with Crippen LogP contribution in [0.2, 0.25) is 0 Å². The number of aromatic amines is 1. The molecule has 2 rings (SSSR count). The molecule has 0 radical (unpaired) electrons. The zero-order chi connectivity index (χ0) is 18.8. The first-order chi connectivity index (χ1) is 11.6. The Morgan fingerprint density at radius 3 is 2.56 bits per heavy atom. The second kappa shape index (κ2) is 6.86. The van der Waals surface area contributed by atoms with Crippen molar-refractivity contribution in [2.75, 3.05) is 0 Å². The molecule has 0 saturated carbocycles. The van der Waals surface area contributed by atoms with Gasteiger partial charge in [0.25, 0.3) is 11.9 Å². The van der Waals surface area contributed by atoms with Crippen LogP contribution < -0.4 is 5.32 Å². The molecule has 25 heavy (non-hydrogen) atoms. The van der Waals surface area contributed by atoms with Gasteiger partial charge in [0.2, 0.25) is 11.6 Å². The number of H-pyrrole nitrogens is 1. The molecule has 1 amide bonds. The number of aryl methyl sites for hydroxylation is 1. The van der Waals surface area contributed by atoms with Gasteiger partial charge in [-0.15, -0.1) is 10.2 Å². The van der Waals surface area contributed by atoms with E-state index in [1.807, 2.05) is 0 Å². The number of hydrogen-bond acceptors (Lipinski definition) is 6. The number of hydrogen-bond donors (Lipinski definition) is 3. The summed E-state index contributed by atoms with van der Waals surface area (Å²) >= 11 is 0. The minimum Gasteiger partial charge on any atom is -0.480 e. The molecule has 136 valence electrons. The van der Waals surface area contributed by atoms with E-state index in [9.17, 15) is 22.8 Å². The fourth-order valence-corrected chi connectivity index (χ4v) is 1.92. The molecular weight excluding hydrogens is 347 g/mol. The highest BCUT2D eigenvalue weighted by atomic mass is 19.4. The summed E-state index contributed by atoms with van der Waals surface area (Å²) in [5.74, 6) is -4.19. The molecule has 0 bridgehead atoms. The highest BCUT2D eigenvalue weighted by Crippen LogP contribution is 2.26. The lowest BCUT2D eigenvalue weighted by Gasteiger charge is -2.11. The fraction of sp³-hybridized carbons (Fsp3) is 0.500. The van der Waals surface area contributed by atoms with E-state index >= 15 is 0 Å². The van der Waals surface area contributed by atoms with Gasteiger partial charge in [0.05, 0.1) is 0 Å². The third-order valence-corrected chi connectivity index (χ3v) is 3.08. The zero-order valence-electron chi connectivity index (χ0n) is 13.1. The third kappa shape index (κ3) is 4.10. The first kappa shape index (κ1) is 18.4. The fourth-order valence-electron chi connectivity index (χ4n) is 1.92. The largest absolute Gasteiger partial charge is 0.480 e. The van der Waals surface area contributed by atoms with Gasteiger partial charge >= 0.3 is 12.1 Å². The molecule has 0 aliphatic heterocycles. The van der Waals surface area contributed by atoms with E-state index < -0.39 is 41.7 Å². The maximum Gasteiger partial charge on any atom is 0.451 e. The number of aliphatic carboxylic acids is 1. The molecule has 2 aromatic rings. The standard InChI is InChI=1S/C12H14F3N7O3/c1-3-4-6(9(24)25)17-8(23)7-16-5(2)22(21-7)11-18-10(19-20-11)12(13,14)15/h6H,3-4H2,1-2H3,(H,17,23)(H,24,25)(H,18,19,20). The van der Waals surface area contributed by atoms with Gasteiger partial charge in [-0.3, -0.25) is 9.89 Å². The number of alkyl halides is 3. The van der Waals surface area contributed by atoms with Crippen molar-refractivity contribution >= 4 is 11.9 Å². The lowest BCUT2D eigenvalue weighted by atomic mass is 10.1. The van der Waals surface area contributed by atoms with Crippen LogP contribution in [0.4, 0.5) is 13.2 Å². The summed E-state index contributed by atoms with van der Waals surface area (Å²) in [7, 11) is 0. The highest BCUT2D eigenvalue weighted by molar-refractivity contribution is 5.93. The molecule has 0 aliphatic rings. The molecule has 0 saturated heterocycles. The normalized spacial score (nSPS) is 12.8. The van der Waals surface area contributed by atoms with Crippen LogP contribution in [0.25, 0.3) is 5.95 Å². The molecule has 2 heterocycles. The summed E-state index contributed by atoms with van der Waals surface area (Å²) in [5.41, 5.74) is 0. The van der Waals surface area contributed by atoms with Crippen molar-refractivity contribution in [1.82, 2.24) is 35.3 Å². The average Bonchev–Trinajstić information content (AvgIpc) is 3.12. The van der Waals surface area contributed by atoms with Crippen LogP contribution in [0.5, 0.6) is 0 Å². The van der Waals surface area contributed by atoms with Crippen molar-refractivity contribution in [3.05, 3.63) is 17.5 Å². The van der Waals surface area contributed by atoms with E-state index in [0.717, 1.165) is 4.68 Å². The van der Waals surface area contributed by atoms with E-state index in [4.69, 9.17) is 5.11 Å². The number of nitrogens with one attached hydrogen (secondary N) is 2. The summed E-state index contributed by atoms with van der Waals surface area (Å²) in [6, 6.07) is -1.12. The predicted molar refractivity (Wildman–Crippen MR) is 74.8 cm³/mol. The summed E-state index contributed by atoms with van der Waals surface area (Å²) in [5, 5.41) is 20.1. The molecule has 3 N–H and O–H groups in total. The smallest absolute Gasteiger partial charge is 0.451 e. The van der Waals surface area contributed by atoms with Crippen LogP contribution in [-0.2, 0) is 11.0 Å². The number of carbonyl (C=O) groups excluding carboxylic acids is 1. The second-order valence-electron chi connectivity index (χ2n) is 5.03. The number of amides is 1. The molecule has 1 atom stereocenters. The summed E-state index contributed by atoms with van der Waals surface area (Å²) in [6.07, 6.45) is -3.99. The Morgan fingerprint density at radius 1 is 1.36 bits per heavy atom. The van der Waals surface area contributed by atoms with Gasteiger partial charge in [0, 0.05) is 0 Å². The molecule has 2 aromatic heterocycles. The molecule has 0 aromatic carbocycles. The van der Waals surface area contributed by atoms with E-state index in [1.54, 1.807) is 12.0 Å². The lowest BCUT2D eigenvalue weighted by molar-refractivity contribution is -0.144. The molecule has 10 nitrogen and oxygen atoms in total. The highest BCUT2D eigenvalue weighted by Gasteiger charge is 2.36. The topological polar surface area (TPSA) is 139 Å². The molecule has 13 heteroatoms. The SMILES string of the molecule is CCCC(NC(=O)c1nc(C)n(-c2n[nH]c(C(F)(F)F)n2)n1)C(=O)O. The van der Waals surface area contributed by atoms with Gasteiger partial charge in [-0.2, -0.15) is 22.8 Å². The Hall–Kier alpha value is -2.99. The van der Waals surface area contributed by atoms with Gasteiger partial charge in [-0.05, 0) is 13.3 Å². The molecule has 0 spiro atoms. The van der Waals surface area contributed by atoms with Crippen molar-refractivity contribution in [3.8, 4) is 5.95 Å². The van der Waals surface area contributed by atoms with Gasteiger partial charge in [0.15, 0.2) is 0 Å². The summed E-state index contributed by atoms with van der Waals surface area (Å²) in [6.45, 7) is 3.13.